The highest BCUT2D eigenvalue weighted by atomic mass is 16.2. The van der Waals surface area contributed by atoms with E-state index in [1.54, 1.807) is 0 Å². The quantitative estimate of drug-likeness (QED) is 0.878. The fourth-order valence-corrected chi connectivity index (χ4v) is 2.75. The zero-order valence-corrected chi connectivity index (χ0v) is 12.4. The molecule has 0 spiro atoms. The van der Waals surface area contributed by atoms with Gasteiger partial charge in [0, 0.05) is 20.1 Å². The van der Waals surface area contributed by atoms with Crippen LogP contribution in [0.25, 0.3) is 0 Å². The number of hydrogen-bond donors (Lipinski definition) is 1. The molecule has 1 fully saturated rings. The first kappa shape index (κ1) is 14.1. The Hall–Kier alpha value is -1.35. The van der Waals surface area contributed by atoms with E-state index in [1.807, 2.05) is 19.0 Å². The van der Waals surface area contributed by atoms with Gasteiger partial charge in [-0.25, -0.2) is 0 Å². The average molecular weight is 260 g/mol. The Bertz CT molecular complexity index is 457. The van der Waals surface area contributed by atoms with Crippen molar-refractivity contribution in [3.63, 3.8) is 0 Å². The van der Waals surface area contributed by atoms with Crippen molar-refractivity contribution >= 4 is 5.91 Å². The summed E-state index contributed by atoms with van der Waals surface area (Å²) in [5.74, 6) is 0.271. The van der Waals surface area contributed by atoms with Gasteiger partial charge in [-0.05, 0) is 39.3 Å². The molecule has 1 aliphatic rings. The number of rotatable bonds is 5. The second kappa shape index (κ2) is 5.33. The molecule has 3 nitrogen and oxygen atoms in total. The molecular weight excluding hydrogens is 236 g/mol. The minimum atomic E-state index is -0.237. The molecule has 0 radical (unpaired) electrons. The van der Waals surface area contributed by atoms with Crippen LogP contribution in [0.3, 0.4) is 0 Å². The summed E-state index contributed by atoms with van der Waals surface area (Å²) >= 11 is 0. The van der Waals surface area contributed by atoms with Crippen molar-refractivity contribution < 1.29 is 4.79 Å². The van der Waals surface area contributed by atoms with Crippen LogP contribution in [0.4, 0.5) is 0 Å². The molecule has 0 saturated heterocycles. The van der Waals surface area contributed by atoms with E-state index in [0.717, 1.165) is 25.9 Å². The van der Waals surface area contributed by atoms with Gasteiger partial charge in [0.25, 0.3) is 0 Å². The van der Waals surface area contributed by atoms with Gasteiger partial charge in [0.2, 0.25) is 5.91 Å². The van der Waals surface area contributed by atoms with Gasteiger partial charge in [0.05, 0.1) is 5.41 Å². The molecule has 19 heavy (non-hydrogen) atoms. The van der Waals surface area contributed by atoms with Crippen molar-refractivity contribution in [1.82, 2.24) is 10.2 Å². The summed E-state index contributed by atoms with van der Waals surface area (Å²) in [6, 6.07) is 6.50. The number of carbonyl (C=O) groups is 1. The molecule has 1 aromatic rings. The standard InChI is InChI=1S/C16H24N2O/c1-12-9-13(2)11-14(10-12)16(5-6-16)15(19)18(4)8-7-17-3/h9-11,17H,5-8H2,1-4H3. The lowest BCUT2D eigenvalue weighted by Gasteiger charge is -2.24. The summed E-state index contributed by atoms with van der Waals surface area (Å²) in [7, 11) is 3.82. The fourth-order valence-electron chi connectivity index (χ4n) is 2.75. The van der Waals surface area contributed by atoms with Gasteiger partial charge in [0.1, 0.15) is 0 Å². The van der Waals surface area contributed by atoms with E-state index in [0.29, 0.717) is 0 Å². The van der Waals surface area contributed by atoms with Crippen LogP contribution < -0.4 is 5.32 Å². The molecule has 1 amide bonds. The maximum absolute atomic E-state index is 12.7. The van der Waals surface area contributed by atoms with Gasteiger partial charge in [-0.3, -0.25) is 4.79 Å². The Morgan fingerprint density at radius 2 is 1.84 bits per heavy atom. The molecule has 0 aromatic heterocycles. The molecule has 0 heterocycles. The van der Waals surface area contributed by atoms with Crippen LogP contribution in [-0.4, -0.2) is 38.0 Å². The normalized spacial score (nSPS) is 16.2. The van der Waals surface area contributed by atoms with Crippen molar-refractivity contribution in [2.45, 2.75) is 32.1 Å². The zero-order valence-electron chi connectivity index (χ0n) is 12.4. The van der Waals surface area contributed by atoms with Gasteiger partial charge in [-0.2, -0.15) is 0 Å². The molecule has 2 rings (SSSR count). The first-order valence-electron chi connectivity index (χ1n) is 6.98. The molecular formula is C16H24N2O. The number of benzene rings is 1. The number of nitrogens with zero attached hydrogens (tertiary/aromatic N) is 1. The van der Waals surface area contributed by atoms with E-state index in [4.69, 9.17) is 0 Å². The van der Waals surface area contributed by atoms with Crippen LogP contribution in [0.15, 0.2) is 18.2 Å². The summed E-state index contributed by atoms with van der Waals surface area (Å²) in [6.45, 7) is 5.80. The van der Waals surface area contributed by atoms with Gasteiger partial charge in [-0.1, -0.05) is 29.3 Å². The second-order valence-electron chi connectivity index (χ2n) is 5.79. The highest BCUT2D eigenvalue weighted by Gasteiger charge is 2.52. The van der Waals surface area contributed by atoms with Crippen molar-refractivity contribution in [1.29, 1.82) is 0 Å². The third-order valence-corrected chi connectivity index (χ3v) is 3.98. The highest BCUT2D eigenvalue weighted by Crippen LogP contribution is 2.49. The Morgan fingerprint density at radius 1 is 1.26 bits per heavy atom. The third-order valence-electron chi connectivity index (χ3n) is 3.98. The summed E-state index contributed by atoms with van der Waals surface area (Å²) in [6.07, 6.45) is 1.97. The third kappa shape index (κ3) is 2.81. The van der Waals surface area contributed by atoms with Crippen LogP contribution >= 0.6 is 0 Å². The lowest BCUT2D eigenvalue weighted by molar-refractivity contribution is -0.132. The van der Waals surface area contributed by atoms with Gasteiger partial charge >= 0.3 is 0 Å². The summed E-state index contributed by atoms with van der Waals surface area (Å²) in [4.78, 5) is 14.5. The monoisotopic (exact) mass is 260 g/mol. The molecule has 0 bridgehead atoms. The van der Waals surface area contributed by atoms with Crippen LogP contribution in [0, 0.1) is 13.8 Å². The lowest BCUT2D eigenvalue weighted by atomic mass is 9.91. The first-order valence-corrected chi connectivity index (χ1v) is 6.98. The molecule has 104 valence electrons. The number of amides is 1. The average Bonchev–Trinajstić information content (AvgIpc) is 3.15. The van der Waals surface area contributed by atoms with E-state index in [-0.39, 0.29) is 11.3 Å². The predicted molar refractivity (Wildman–Crippen MR) is 78.4 cm³/mol. The SMILES string of the molecule is CNCCN(C)C(=O)C1(c2cc(C)cc(C)c2)CC1. The maximum atomic E-state index is 12.7. The maximum Gasteiger partial charge on any atom is 0.233 e. The topological polar surface area (TPSA) is 32.3 Å². The Kier molecular flexibility index (Phi) is 3.95. The Labute approximate surface area is 116 Å². The van der Waals surface area contributed by atoms with Crippen molar-refractivity contribution in [3.8, 4) is 0 Å². The van der Waals surface area contributed by atoms with Gasteiger partial charge < -0.3 is 10.2 Å². The Morgan fingerprint density at radius 3 is 2.32 bits per heavy atom. The van der Waals surface area contributed by atoms with Crippen molar-refractivity contribution in [3.05, 3.63) is 34.9 Å². The molecule has 0 atom stereocenters. The zero-order chi connectivity index (χ0) is 14.0. The highest BCUT2D eigenvalue weighted by molar-refractivity contribution is 5.91. The minimum absolute atomic E-state index is 0.237. The minimum Gasteiger partial charge on any atom is -0.344 e. The van der Waals surface area contributed by atoms with E-state index in [2.05, 4.69) is 37.4 Å². The molecule has 1 saturated carbocycles. The smallest absolute Gasteiger partial charge is 0.233 e. The molecule has 1 aliphatic carbocycles. The van der Waals surface area contributed by atoms with Crippen LogP contribution in [-0.2, 0) is 10.2 Å². The van der Waals surface area contributed by atoms with Crippen molar-refractivity contribution in [2.24, 2.45) is 0 Å². The van der Waals surface area contributed by atoms with Crippen LogP contribution in [0.1, 0.15) is 29.5 Å². The van der Waals surface area contributed by atoms with E-state index in [9.17, 15) is 4.79 Å². The van der Waals surface area contributed by atoms with Crippen LogP contribution in [0.5, 0.6) is 0 Å². The largest absolute Gasteiger partial charge is 0.344 e. The molecule has 1 N–H and O–H groups in total. The molecule has 0 unspecified atom stereocenters. The first-order chi connectivity index (χ1) is 8.99. The van der Waals surface area contributed by atoms with E-state index >= 15 is 0 Å². The number of likely N-dealkylation sites (N-methyl/N-ethyl adjacent to an activating group) is 2. The van der Waals surface area contributed by atoms with Gasteiger partial charge in [0.15, 0.2) is 0 Å². The van der Waals surface area contributed by atoms with Crippen molar-refractivity contribution in [2.75, 3.05) is 27.2 Å². The summed E-state index contributed by atoms with van der Waals surface area (Å²) in [5.41, 5.74) is 3.45. The Balaban J connectivity index is 2.20. The van der Waals surface area contributed by atoms with Gasteiger partial charge in [-0.15, -0.1) is 0 Å². The number of carbonyl (C=O) groups excluding carboxylic acids is 1. The number of nitrogens with one attached hydrogen (secondary N) is 1. The lowest BCUT2D eigenvalue weighted by Crippen LogP contribution is -2.39. The van der Waals surface area contributed by atoms with E-state index < -0.39 is 0 Å². The van der Waals surface area contributed by atoms with E-state index in [1.165, 1.54) is 16.7 Å². The summed E-state index contributed by atoms with van der Waals surface area (Å²) in [5, 5.41) is 3.09. The van der Waals surface area contributed by atoms with Crippen LogP contribution in [0.2, 0.25) is 0 Å². The predicted octanol–water partition coefficient (Wildman–Crippen LogP) is 2.01. The second-order valence-corrected chi connectivity index (χ2v) is 5.79. The molecule has 3 heteroatoms. The fraction of sp³-hybridized carbons (Fsp3) is 0.562. The number of hydrogen-bond acceptors (Lipinski definition) is 2. The molecule has 0 aliphatic heterocycles. The number of aryl methyl sites for hydroxylation is 2. The summed E-state index contributed by atoms with van der Waals surface area (Å²) < 4.78 is 0. The molecule has 1 aromatic carbocycles.